The number of nitrogens with one attached hydrogen (secondary N) is 1. The van der Waals surface area contributed by atoms with Crippen LogP contribution in [0.1, 0.15) is 12.0 Å². The number of carbonyl (C=O) groups is 1. The van der Waals surface area contributed by atoms with Crippen molar-refractivity contribution in [1.29, 1.82) is 0 Å². The van der Waals surface area contributed by atoms with Crippen molar-refractivity contribution in [3.05, 3.63) is 36.0 Å². The maximum absolute atomic E-state index is 11.3. The predicted octanol–water partition coefficient (Wildman–Crippen LogP) is 1.97. The molecule has 4 heteroatoms. The van der Waals surface area contributed by atoms with E-state index < -0.39 is 0 Å². The van der Waals surface area contributed by atoms with Crippen molar-refractivity contribution < 1.29 is 4.79 Å². The Bertz CT molecular complexity index is 586. The summed E-state index contributed by atoms with van der Waals surface area (Å²) in [6.45, 7) is 0. The predicted molar refractivity (Wildman–Crippen MR) is 65.6 cm³/mol. The zero-order valence-corrected chi connectivity index (χ0v) is 9.60. The molecule has 1 aliphatic rings. The van der Waals surface area contributed by atoms with Crippen molar-refractivity contribution in [2.24, 2.45) is 7.05 Å². The normalized spacial score (nSPS) is 14.3. The van der Waals surface area contributed by atoms with E-state index in [0.717, 1.165) is 23.4 Å². The van der Waals surface area contributed by atoms with Crippen LogP contribution in [0.5, 0.6) is 0 Å². The van der Waals surface area contributed by atoms with E-state index in [1.165, 1.54) is 5.56 Å². The molecule has 4 nitrogen and oxygen atoms in total. The highest BCUT2D eigenvalue weighted by Gasteiger charge is 2.15. The largest absolute Gasteiger partial charge is 0.326 e. The van der Waals surface area contributed by atoms with Crippen LogP contribution in [-0.2, 0) is 18.3 Å². The number of anilines is 1. The Morgan fingerprint density at radius 3 is 2.94 bits per heavy atom. The molecule has 0 unspecified atom stereocenters. The summed E-state index contributed by atoms with van der Waals surface area (Å²) in [4.78, 5) is 11.3. The molecule has 86 valence electrons. The highest BCUT2D eigenvalue weighted by Crippen LogP contribution is 2.28. The van der Waals surface area contributed by atoms with Gasteiger partial charge in [0.05, 0.1) is 5.69 Å². The van der Waals surface area contributed by atoms with Gasteiger partial charge in [0.15, 0.2) is 0 Å². The quantitative estimate of drug-likeness (QED) is 0.809. The number of fused-ring (bicyclic) bond motifs is 1. The summed E-state index contributed by atoms with van der Waals surface area (Å²) in [5.41, 5.74) is 4.36. The number of carbonyl (C=O) groups excluding carboxylic acids is 1. The molecule has 2 aromatic rings. The summed E-state index contributed by atoms with van der Waals surface area (Å²) in [5, 5.41) is 7.05. The lowest BCUT2D eigenvalue weighted by Crippen LogP contribution is -2.18. The minimum atomic E-state index is 0.103. The van der Waals surface area contributed by atoms with E-state index in [0.29, 0.717) is 6.42 Å². The van der Waals surface area contributed by atoms with Gasteiger partial charge in [0, 0.05) is 30.9 Å². The molecule has 1 N–H and O–H groups in total. The molecule has 0 saturated heterocycles. The van der Waals surface area contributed by atoms with E-state index in [2.05, 4.69) is 16.5 Å². The molecule has 2 heterocycles. The second-order valence-corrected chi connectivity index (χ2v) is 4.26. The molecule has 1 aromatic carbocycles. The van der Waals surface area contributed by atoms with Crippen molar-refractivity contribution in [3.63, 3.8) is 0 Å². The number of hydrogen-bond acceptors (Lipinski definition) is 2. The first-order valence-electron chi connectivity index (χ1n) is 5.65. The summed E-state index contributed by atoms with van der Waals surface area (Å²) >= 11 is 0. The van der Waals surface area contributed by atoms with Gasteiger partial charge >= 0.3 is 0 Å². The van der Waals surface area contributed by atoms with Crippen LogP contribution in [0.25, 0.3) is 11.3 Å². The van der Waals surface area contributed by atoms with Gasteiger partial charge < -0.3 is 5.32 Å². The minimum absolute atomic E-state index is 0.103. The SMILES string of the molecule is Cn1nccc1-c1ccc2c(c1)CCC(=O)N2. The Hall–Kier alpha value is -2.10. The fourth-order valence-electron chi connectivity index (χ4n) is 2.20. The second-order valence-electron chi connectivity index (χ2n) is 4.26. The van der Waals surface area contributed by atoms with Crippen LogP contribution in [-0.4, -0.2) is 15.7 Å². The van der Waals surface area contributed by atoms with Crippen molar-refractivity contribution >= 4 is 11.6 Å². The summed E-state index contributed by atoms with van der Waals surface area (Å²) in [6.07, 6.45) is 3.17. The van der Waals surface area contributed by atoms with Gasteiger partial charge in [0.1, 0.15) is 0 Å². The van der Waals surface area contributed by atoms with Gasteiger partial charge in [-0.3, -0.25) is 9.48 Å². The summed E-state index contributed by atoms with van der Waals surface area (Å²) < 4.78 is 1.85. The highest BCUT2D eigenvalue weighted by molar-refractivity contribution is 5.94. The zero-order chi connectivity index (χ0) is 11.8. The van der Waals surface area contributed by atoms with Crippen molar-refractivity contribution in [2.45, 2.75) is 12.8 Å². The molecule has 1 aliphatic heterocycles. The minimum Gasteiger partial charge on any atom is -0.326 e. The highest BCUT2D eigenvalue weighted by atomic mass is 16.1. The van der Waals surface area contributed by atoms with Crippen LogP contribution in [0.4, 0.5) is 5.69 Å². The molecule has 1 amide bonds. The van der Waals surface area contributed by atoms with Crippen LogP contribution in [0.2, 0.25) is 0 Å². The molecule has 0 bridgehead atoms. The molecule has 0 aliphatic carbocycles. The smallest absolute Gasteiger partial charge is 0.224 e. The van der Waals surface area contributed by atoms with Crippen molar-refractivity contribution in [2.75, 3.05) is 5.32 Å². The molecule has 3 rings (SSSR count). The molecule has 0 saturated carbocycles. The lowest BCUT2D eigenvalue weighted by Gasteiger charge is -2.17. The fourth-order valence-corrected chi connectivity index (χ4v) is 2.20. The van der Waals surface area contributed by atoms with E-state index in [4.69, 9.17) is 0 Å². The van der Waals surface area contributed by atoms with Crippen LogP contribution >= 0.6 is 0 Å². The Balaban J connectivity index is 2.05. The molecule has 0 radical (unpaired) electrons. The van der Waals surface area contributed by atoms with Crippen LogP contribution in [0, 0.1) is 0 Å². The summed E-state index contributed by atoms with van der Waals surface area (Å²) in [6, 6.07) is 8.10. The lowest BCUT2D eigenvalue weighted by molar-refractivity contribution is -0.116. The maximum Gasteiger partial charge on any atom is 0.224 e. The second kappa shape index (κ2) is 3.73. The molecule has 17 heavy (non-hydrogen) atoms. The Kier molecular flexibility index (Phi) is 2.21. The van der Waals surface area contributed by atoms with Crippen molar-refractivity contribution in [1.82, 2.24) is 9.78 Å². The van der Waals surface area contributed by atoms with Gasteiger partial charge in [-0.1, -0.05) is 6.07 Å². The third-order valence-electron chi connectivity index (χ3n) is 3.12. The van der Waals surface area contributed by atoms with Crippen LogP contribution in [0.3, 0.4) is 0 Å². The monoisotopic (exact) mass is 227 g/mol. The number of nitrogens with zero attached hydrogens (tertiary/aromatic N) is 2. The van der Waals surface area contributed by atoms with Gasteiger partial charge in [-0.05, 0) is 30.2 Å². The topological polar surface area (TPSA) is 46.9 Å². The molecular weight excluding hydrogens is 214 g/mol. The number of hydrogen-bond donors (Lipinski definition) is 1. The average Bonchev–Trinajstić information content (AvgIpc) is 2.75. The molecule has 0 atom stereocenters. The number of aromatic nitrogens is 2. The number of aryl methyl sites for hydroxylation is 2. The molecule has 0 fully saturated rings. The third kappa shape index (κ3) is 1.71. The Morgan fingerprint density at radius 1 is 1.29 bits per heavy atom. The van der Waals surface area contributed by atoms with Crippen LogP contribution < -0.4 is 5.32 Å². The van der Waals surface area contributed by atoms with Crippen molar-refractivity contribution in [3.8, 4) is 11.3 Å². The van der Waals surface area contributed by atoms with Gasteiger partial charge in [-0.15, -0.1) is 0 Å². The Labute approximate surface area is 99.3 Å². The Morgan fingerprint density at radius 2 is 2.18 bits per heavy atom. The summed E-state index contributed by atoms with van der Waals surface area (Å²) in [7, 11) is 1.93. The zero-order valence-electron chi connectivity index (χ0n) is 9.60. The fraction of sp³-hybridized carbons (Fsp3) is 0.231. The van der Waals surface area contributed by atoms with Gasteiger partial charge in [-0.2, -0.15) is 5.10 Å². The van der Waals surface area contributed by atoms with Gasteiger partial charge in [0.25, 0.3) is 0 Å². The lowest BCUT2D eigenvalue weighted by atomic mass is 9.99. The standard InChI is InChI=1S/C13H13N3O/c1-16-12(6-7-14-16)10-2-4-11-9(8-10)3-5-13(17)15-11/h2,4,6-8H,3,5H2,1H3,(H,15,17). The molecule has 1 aromatic heterocycles. The maximum atomic E-state index is 11.3. The van der Waals surface area contributed by atoms with Gasteiger partial charge in [-0.25, -0.2) is 0 Å². The first kappa shape index (κ1) is 10.1. The van der Waals surface area contributed by atoms with E-state index in [-0.39, 0.29) is 5.91 Å². The number of benzene rings is 1. The number of rotatable bonds is 1. The van der Waals surface area contributed by atoms with Crippen LogP contribution in [0.15, 0.2) is 30.5 Å². The molecular formula is C13H13N3O. The van der Waals surface area contributed by atoms with E-state index in [1.54, 1.807) is 6.20 Å². The van der Waals surface area contributed by atoms with E-state index in [1.807, 2.05) is 29.9 Å². The average molecular weight is 227 g/mol. The first-order chi connectivity index (χ1) is 8.24. The van der Waals surface area contributed by atoms with E-state index >= 15 is 0 Å². The van der Waals surface area contributed by atoms with E-state index in [9.17, 15) is 4.79 Å². The number of amides is 1. The molecule has 0 spiro atoms. The first-order valence-corrected chi connectivity index (χ1v) is 5.65. The summed E-state index contributed by atoms with van der Waals surface area (Å²) in [5.74, 6) is 0.103. The third-order valence-corrected chi connectivity index (χ3v) is 3.12. The van der Waals surface area contributed by atoms with Gasteiger partial charge in [0.2, 0.25) is 5.91 Å².